The van der Waals surface area contributed by atoms with E-state index in [-0.39, 0.29) is 12.2 Å². The Morgan fingerprint density at radius 2 is 0.710 bits per heavy atom. The van der Waals surface area contributed by atoms with E-state index in [1.165, 1.54) is 0 Å². The molecule has 2 unspecified atom stereocenters. The Kier molecular flexibility index (Phi) is 6.47. The van der Waals surface area contributed by atoms with Gasteiger partial charge >= 0.3 is 0 Å². The molecule has 156 valence electrons. The SMILES string of the molecule is Nc1ccc(C(OC(c2ccc(N)cc2)c2ccc(Cl)cc2)c2ccc(Cl)cc2)cc1. The summed E-state index contributed by atoms with van der Waals surface area (Å²) in [6, 6.07) is 30.8. The van der Waals surface area contributed by atoms with Gasteiger partial charge in [0.05, 0.1) is 0 Å². The van der Waals surface area contributed by atoms with Gasteiger partial charge in [-0.2, -0.15) is 0 Å². The van der Waals surface area contributed by atoms with Crippen molar-refractivity contribution in [3.05, 3.63) is 129 Å². The monoisotopic (exact) mass is 448 g/mol. The number of nitrogen functional groups attached to an aromatic ring is 2. The zero-order valence-electron chi connectivity index (χ0n) is 16.7. The van der Waals surface area contributed by atoms with E-state index >= 15 is 0 Å². The van der Waals surface area contributed by atoms with Crippen molar-refractivity contribution in [2.24, 2.45) is 0 Å². The van der Waals surface area contributed by atoms with E-state index in [1.807, 2.05) is 97.1 Å². The molecule has 0 heterocycles. The molecular weight excluding hydrogens is 427 g/mol. The highest BCUT2D eigenvalue weighted by Gasteiger charge is 2.23. The standard InChI is InChI=1S/C26H22Cl2N2O/c27-21-9-1-17(2-10-21)25(19-5-13-23(29)14-6-19)31-26(18-3-11-22(28)12-4-18)20-7-15-24(30)16-8-20/h1-16,25-26H,29-30H2. The van der Waals surface area contributed by atoms with Gasteiger partial charge in [-0.25, -0.2) is 0 Å². The molecule has 0 aromatic heterocycles. The van der Waals surface area contributed by atoms with E-state index in [9.17, 15) is 0 Å². The van der Waals surface area contributed by atoms with Gasteiger partial charge in [-0.15, -0.1) is 0 Å². The third-order valence-electron chi connectivity index (χ3n) is 5.10. The fourth-order valence-corrected chi connectivity index (χ4v) is 3.70. The Morgan fingerprint density at radius 3 is 1.00 bits per heavy atom. The lowest BCUT2D eigenvalue weighted by molar-refractivity contribution is 0.0309. The zero-order chi connectivity index (χ0) is 21.8. The van der Waals surface area contributed by atoms with E-state index < -0.39 is 0 Å². The first-order chi connectivity index (χ1) is 15.0. The minimum absolute atomic E-state index is 0.337. The van der Waals surface area contributed by atoms with Crippen molar-refractivity contribution in [2.45, 2.75) is 12.2 Å². The summed E-state index contributed by atoms with van der Waals surface area (Å²) in [7, 11) is 0. The zero-order valence-corrected chi connectivity index (χ0v) is 18.2. The van der Waals surface area contributed by atoms with Gasteiger partial charge in [0.2, 0.25) is 0 Å². The van der Waals surface area contributed by atoms with Crippen molar-refractivity contribution in [1.29, 1.82) is 0 Å². The van der Waals surface area contributed by atoms with Crippen LogP contribution < -0.4 is 11.5 Å². The molecule has 5 heteroatoms. The van der Waals surface area contributed by atoms with Gasteiger partial charge in [-0.1, -0.05) is 71.7 Å². The van der Waals surface area contributed by atoms with Gasteiger partial charge in [-0.05, 0) is 70.8 Å². The van der Waals surface area contributed by atoms with Crippen molar-refractivity contribution < 1.29 is 4.74 Å². The predicted molar refractivity (Wildman–Crippen MR) is 129 cm³/mol. The number of benzene rings is 4. The molecule has 0 aliphatic heterocycles. The Bertz CT molecular complexity index is 942. The van der Waals surface area contributed by atoms with Crippen LogP contribution in [0, 0.1) is 0 Å². The first-order valence-corrected chi connectivity index (χ1v) is 10.6. The maximum absolute atomic E-state index is 6.79. The molecule has 3 nitrogen and oxygen atoms in total. The topological polar surface area (TPSA) is 61.3 Å². The first-order valence-electron chi connectivity index (χ1n) is 9.87. The van der Waals surface area contributed by atoms with Gasteiger partial charge in [0.25, 0.3) is 0 Å². The molecule has 0 fully saturated rings. The van der Waals surface area contributed by atoms with E-state index in [4.69, 9.17) is 39.4 Å². The summed E-state index contributed by atoms with van der Waals surface area (Å²) in [6.45, 7) is 0. The van der Waals surface area contributed by atoms with Crippen LogP contribution in [0.1, 0.15) is 34.5 Å². The molecule has 0 radical (unpaired) electrons. The molecule has 0 aliphatic carbocycles. The molecule has 31 heavy (non-hydrogen) atoms. The number of rotatable bonds is 6. The summed E-state index contributed by atoms with van der Waals surface area (Å²) in [5.41, 5.74) is 17.2. The molecule has 4 aromatic rings. The van der Waals surface area contributed by atoms with E-state index in [2.05, 4.69) is 0 Å². The molecule has 0 saturated heterocycles. The van der Waals surface area contributed by atoms with Crippen LogP contribution in [0.15, 0.2) is 97.1 Å². The second kappa shape index (κ2) is 9.44. The lowest BCUT2D eigenvalue weighted by Gasteiger charge is -2.27. The van der Waals surface area contributed by atoms with Crippen LogP contribution in [0.25, 0.3) is 0 Å². The Hall–Kier alpha value is -2.98. The first kappa shape index (κ1) is 21.3. The van der Waals surface area contributed by atoms with Crippen molar-refractivity contribution >= 4 is 34.6 Å². The smallest absolute Gasteiger partial charge is 0.109 e. The lowest BCUT2D eigenvalue weighted by Crippen LogP contribution is -2.13. The van der Waals surface area contributed by atoms with Crippen LogP contribution in [-0.4, -0.2) is 0 Å². The Labute approximate surface area is 192 Å². The molecule has 0 saturated carbocycles. The summed E-state index contributed by atoms with van der Waals surface area (Å²) in [6.07, 6.45) is -0.674. The van der Waals surface area contributed by atoms with E-state index in [0.717, 1.165) is 22.3 Å². The fraction of sp³-hybridized carbons (Fsp3) is 0.0769. The third-order valence-corrected chi connectivity index (χ3v) is 5.60. The highest BCUT2D eigenvalue weighted by atomic mass is 35.5. The van der Waals surface area contributed by atoms with Crippen LogP contribution in [-0.2, 0) is 4.74 Å². The molecule has 4 aromatic carbocycles. The number of hydrogen-bond donors (Lipinski definition) is 2. The van der Waals surface area contributed by atoms with Crippen LogP contribution in [0.3, 0.4) is 0 Å². The quantitative estimate of drug-likeness (QED) is 0.310. The normalized spacial score (nSPS) is 13.0. The average molecular weight is 449 g/mol. The highest BCUT2D eigenvalue weighted by Crippen LogP contribution is 2.37. The Balaban J connectivity index is 1.79. The second-order valence-corrected chi connectivity index (χ2v) is 8.21. The van der Waals surface area contributed by atoms with Gasteiger partial charge in [0.1, 0.15) is 12.2 Å². The molecule has 4 N–H and O–H groups in total. The number of hydrogen-bond acceptors (Lipinski definition) is 3. The largest absolute Gasteiger partial charge is 0.399 e. The lowest BCUT2D eigenvalue weighted by atomic mass is 9.97. The molecule has 0 spiro atoms. The van der Waals surface area contributed by atoms with Gasteiger partial charge < -0.3 is 16.2 Å². The minimum atomic E-state index is -0.337. The number of halogens is 2. The minimum Gasteiger partial charge on any atom is -0.399 e. The van der Waals surface area contributed by atoms with Gasteiger partial charge in [-0.3, -0.25) is 0 Å². The number of ether oxygens (including phenoxy) is 1. The Morgan fingerprint density at radius 1 is 0.452 bits per heavy atom. The number of nitrogens with two attached hydrogens (primary N) is 2. The van der Waals surface area contributed by atoms with Crippen LogP contribution in [0.5, 0.6) is 0 Å². The van der Waals surface area contributed by atoms with Crippen LogP contribution in [0.4, 0.5) is 11.4 Å². The average Bonchev–Trinajstić information content (AvgIpc) is 2.78. The van der Waals surface area contributed by atoms with Gasteiger partial charge in [0.15, 0.2) is 0 Å². The summed E-state index contributed by atoms with van der Waals surface area (Å²) in [4.78, 5) is 0. The summed E-state index contributed by atoms with van der Waals surface area (Å²) in [5.74, 6) is 0. The van der Waals surface area contributed by atoms with Crippen LogP contribution >= 0.6 is 23.2 Å². The molecular formula is C26H22Cl2N2O. The van der Waals surface area contributed by atoms with Crippen molar-refractivity contribution in [3.63, 3.8) is 0 Å². The number of anilines is 2. The fourth-order valence-electron chi connectivity index (χ4n) is 3.45. The molecule has 0 aliphatic rings. The van der Waals surface area contributed by atoms with Crippen molar-refractivity contribution in [2.75, 3.05) is 11.5 Å². The summed E-state index contributed by atoms with van der Waals surface area (Å²) < 4.78 is 6.79. The maximum atomic E-state index is 6.79. The highest BCUT2D eigenvalue weighted by molar-refractivity contribution is 6.30. The van der Waals surface area contributed by atoms with E-state index in [0.29, 0.717) is 21.4 Å². The predicted octanol–water partition coefficient (Wildman–Crippen LogP) is 7.05. The molecule has 2 atom stereocenters. The second-order valence-electron chi connectivity index (χ2n) is 7.33. The molecule has 0 bridgehead atoms. The molecule has 4 rings (SSSR count). The maximum Gasteiger partial charge on any atom is 0.109 e. The summed E-state index contributed by atoms with van der Waals surface area (Å²) >= 11 is 12.3. The third kappa shape index (κ3) is 5.20. The summed E-state index contributed by atoms with van der Waals surface area (Å²) in [5, 5.41) is 1.35. The van der Waals surface area contributed by atoms with Crippen molar-refractivity contribution in [1.82, 2.24) is 0 Å². The van der Waals surface area contributed by atoms with Crippen molar-refractivity contribution in [3.8, 4) is 0 Å². The molecule has 0 amide bonds. The van der Waals surface area contributed by atoms with Gasteiger partial charge in [0, 0.05) is 21.4 Å². The van der Waals surface area contributed by atoms with E-state index in [1.54, 1.807) is 0 Å². The van der Waals surface area contributed by atoms with Crippen LogP contribution in [0.2, 0.25) is 10.0 Å².